The zero-order valence-electron chi connectivity index (χ0n) is 17.2. The van der Waals surface area contributed by atoms with E-state index in [1.54, 1.807) is 12.1 Å². The summed E-state index contributed by atoms with van der Waals surface area (Å²) in [6, 6.07) is 24.9. The average Bonchev–Trinajstić information content (AvgIpc) is 3.25. The number of nitrogens with one attached hydrogen (secondary N) is 2. The molecule has 2 atom stereocenters. The molecule has 156 valence electrons. The highest BCUT2D eigenvalue weighted by Gasteiger charge is 2.29. The molecule has 3 aromatic carbocycles. The Kier molecular flexibility index (Phi) is 6.19. The zero-order valence-corrected chi connectivity index (χ0v) is 17.2. The second kappa shape index (κ2) is 9.36. The summed E-state index contributed by atoms with van der Waals surface area (Å²) in [5, 5.41) is 7.38. The normalized spacial score (nSPS) is 12.8. The number of hydrogen-bond acceptors (Lipinski definition) is 2. The van der Waals surface area contributed by atoms with Crippen molar-refractivity contribution >= 4 is 11.6 Å². The molecular weight excluding hydrogens is 391 g/mol. The molecule has 1 aromatic heterocycles. The Morgan fingerprint density at radius 2 is 1.65 bits per heavy atom. The van der Waals surface area contributed by atoms with Crippen LogP contribution in [0.15, 0.2) is 97.3 Å². The third-order valence-corrected chi connectivity index (χ3v) is 5.14. The van der Waals surface area contributed by atoms with E-state index >= 15 is 0 Å². The van der Waals surface area contributed by atoms with Crippen molar-refractivity contribution in [2.75, 3.05) is 12.4 Å². The summed E-state index contributed by atoms with van der Waals surface area (Å²) in [7, 11) is 1.99. The summed E-state index contributed by atoms with van der Waals surface area (Å²) in [5.74, 6) is -0.485. The van der Waals surface area contributed by atoms with E-state index in [1.807, 2.05) is 84.8 Å². The van der Waals surface area contributed by atoms with Crippen LogP contribution in [-0.4, -0.2) is 22.7 Å². The number of likely N-dealkylation sites (N-methyl/N-ethyl adjacent to an activating group) is 1. The fourth-order valence-electron chi connectivity index (χ4n) is 3.65. The highest BCUT2D eigenvalue weighted by molar-refractivity contribution is 5.94. The van der Waals surface area contributed by atoms with Crippen LogP contribution in [0.2, 0.25) is 0 Å². The van der Waals surface area contributed by atoms with Gasteiger partial charge in [0.1, 0.15) is 12.4 Å². The number of quaternary nitrogens is 1. The largest absolute Gasteiger partial charge is 0.321 e. The number of anilines is 1. The lowest BCUT2D eigenvalue weighted by Crippen LogP contribution is -3.09. The summed E-state index contributed by atoms with van der Waals surface area (Å²) in [4.78, 5) is 14.2. The second-order valence-corrected chi connectivity index (χ2v) is 7.49. The van der Waals surface area contributed by atoms with Crippen molar-refractivity contribution in [2.24, 2.45) is 0 Å². The van der Waals surface area contributed by atoms with Gasteiger partial charge >= 0.3 is 0 Å². The smallest absolute Gasteiger partial charge is 0.287 e. The lowest BCUT2D eigenvalue weighted by Gasteiger charge is -2.24. The number of nitrogens with zero attached hydrogens (tertiary/aromatic N) is 2. The maximum atomic E-state index is 13.2. The molecule has 1 amide bonds. The van der Waals surface area contributed by atoms with Crippen LogP contribution in [0.3, 0.4) is 0 Å². The lowest BCUT2D eigenvalue weighted by atomic mass is 10.0. The minimum atomic E-state index is -0.439. The number of aromatic nitrogens is 2. The van der Waals surface area contributed by atoms with Crippen LogP contribution in [0.4, 0.5) is 10.1 Å². The molecule has 0 radical (unpaired) electrons. The predicted octanol–water partition coefficient (Wildman–Crippen LogP) is 3.41. The summed E-state index contributed by atoms with van der Waals surface area (Å²) >= 11 is 0. The first-order chi connectivity index (χ1) is 15.1. The van der Waals surface area contributed by atoms with Crippen molar-refractivity contribution in [3.8, 4) is 5.69 Å². The Bertz CT molecular complexity index is 1130. The summed E-state index contributed by atoms with van der Waals surface area (Å²) in [6.07, 6.45) is 3.81. The third-order valence-electron chi connectivity index (χ3n) is 5.14. The average molecular weight is 415 g/mol. The topological polar surface area (TPSA) is 51.4 Å². The molecule has 31 heavy (non-hydrogen) atoms. The van der Waals surface area contributed by atoms with Gasteiger partial charge in [-0.3, -0.25) is 4.79 Å². The van der Waals surface area contributed by atoms with Gasteiger partial charge in [-0.2, -0.15) is 5.10 Å². The molecule has 5 nitrogen and oxygen atoms in total. The zero-order chi connectivity index (χ0) is 21.6. The third kappa shape index (κ3) is 5.05. The van der Waals surface area contributed by atoms with E-state index in [9.17, 15) is 9.18 Å². The first-order valence-corrected chi connectivity index (χ1v) is 10.1. The van der Waals surface area contributed by atoms with Crippen molar-refractivity contribution in [3.05, 3.63) is 114 Å². The van der Waals surface area contributed by atoms with E-state index < -0.39 is 6.04 Å². The number of carbonyl (C=O) groups is 1. The van der Waals surface area contributed by atoms with Crippen molar-refractivity contribution in [1.29, 1.82) is 0 Å². The molecular formula is C25H24FN4O+. The molecule has 0 aliphatic heterocycles. The minimum absolute atomic E-state index is 0.147. The molecule has 4 aromatic rings. The molecule has 0 spiro atoms. The van der Waals surface area contributed by atoms with Gasteiger partial charge in [-0.1, -0.05) is 48.5 Å². The maximum Gasteiger partial charge on any atom is 0.287 e. The SMILES string of the molecule is C[NH+](Cc1cnn(-c2ccccc2)c1)[C@H](C(=O)Nc1ccc(F)cc1)c1ccccc1. The first kappa shape index (κ1) is 20.5. The number of halogens is 1. The van der Waals surface area contributed by atoms with E-state index in [2.05, 4.69) is 10.4 Å². The number of rotatable bonds is 7. The Labute approximate surface area is 180 Å². The monoisotopic (exact) mass is 415 g/mol. The highest BCUT2D eigenvalue weighted by atomic mass is 19.1. The van der Waals surface area contributed by atoms with Gasteiger partial charge < -0.3 is 10.2 Å². The number of carbonyl (C=O) groups excluding carboxylic acids is 1. The maximum absolute atomic E-state index is 13.2. The molecule has 0 fully saturated rings. The Morgan fingerprint density at radius 3 is 2.32 bits per heavy atom. The van der Waals surface area contributed by atoms with E-state index in [0.717, 1.165) is 21.7 Å². The van der Waals surface area contributed by atoms with Gasteiger partial charge in [0.05, 0.1) is 18.9 Å². The molecule has 4 rings (SSSR count). The van der Waals surface area contributed by atoms with E-state index in [1.165, 1.54) is 12.1 Å². The van der Waals surface area contributed by atoms with Crippen LogP contribution in [0.25, 0.3) is 5.69 Å². The van der Waals surface area contributed by atoms with Gasteiger partial charge in [-0.05, 0) is 36.4 Å². The Balaban J connectivity index is 1.54. The van der Waals surface area contributed by atoms with Crippen LogP contribution in [0.1, 0.15) is 17.2 Å². The fourth-order valence-corrected chi connectivity index (χ4v) is 3.65. The molecule has 1 unspecified atom stereocenters. The molecule has 0 saturated carbocycles. The van der Waals surface area contributed by atoms with Crippen molar-refractivity contribution < 1.29 is 14.1 Å². The van der Waals surface area contributed by atoms with Crippen LogP contribution < -0.4 is 10.2 Å². The first-order valence-electron chi connectivity index (χ1n) is 10.1. The summed E-state index contributed by atoms with van der Waals surface area (Å²) < 4.78 is 15.1. The molecule has 1 heterocycles. The molecule has 2 N–H and O–H groups in total. The highest BCUT2D eigenvalue weighted by Crippen LogP contribution is 2.15. The molecule has 6 heteroatoms. The number of benzene rings is 3. The molecule has 0 bridgehead atoms. The number of amides is 1. The van der Waals surface area contributed by atoms with Gasteiger partial charge in [-0.15, -0.1) is 0 Å². The van der Waals surface area contributed by atoms with Gasteiger partial charge in [0.2, 0.25) is 0 Å². The standard InChI is InChI=1S/C25H23FN4O/c1-29(17-19-16-27-30(18-19)23-10-6-3-7-11-23)24(20-8-4-2-5-9-20)25(31)28-22-14-12-21(26)13-15-22/h2-16,18,24H,17H2,1H3,(H,28,31)/p+1/t24-/m0/s1. The van der Waals surface area contributed by atoms with Crippen molar-refractivity contribution in [3.63, 3.8) is 0 Å². The van der Waals surface area contributed by atoms with Gasteiger partial charge in [-0.25, -0.2) is 9.07 Å². The van der Waals surface area contributed by atoms with Crippen molar-refractivity contribution in [2.45, 2.75) is 12.6 Å². The van der Waals surface area contributed by atoms with Crippen LogP contribution >= 0.6 is 0 Å². The summed E-state index contributed by atoms with van der Waals surface area (Å²) in [5.41, 5.74) is 3.49. The summed E-state index contributed by atoms with van der Waals surface area (Å²) in [6.45, 7) is 0.614. The molecule has 0 aliphatic rings. The fraction of sp³-hybridized carbons (Fsp3) is 0.120. The lowest BCUT2D eigenvalue weighted by molar-refractivity contribution is -0.915. The van der Waals surface area contributed by atoms with E-state index in [-0.39, 0.29) is 11.7 Å². The van der Waals surface area contributed by atoms with Crippen LogP contribution in [-0.2, 0) is 11.3 Å². The predicted molar refractivity (Wildman–Crippen MR) is 118 cm³/mol. The van der Waals surface area contributed by atoms with E-state index in [0.29, 0.717) is 12.2 Å². The quantitative estimate of drug-likeness (QED) is 0.486. The second-order valence-electron chi connectivity index (χ2n) is 7.49. The van der Waals surface area contributed by atoms with Crippen LogP contribution in [0, 0.1) is 5.82 Å². The minimum Gasteiger partial charge on any atom is -0.321 e. The van der Waals surface area contributed by atoms with Gasteiger partial charge in [0, 0.05) is 23.0 Å². The molecule has 0 aliphatic carbocycles. The Morgan fingerprint density at radius 1 is 1.00 bits per heavy atom. The van der Waals surface area contributed by atoms with Gasteiger partial charge in [0.25, 0.3) is 5.91 Å². The van der Waals surface area contributed by atoms with E-state index in [4.69, 9.17) is 0 Å². The molecule has 0 saturated heterocycles. The number of hydrogen-bond donors (Lipinski definition) is 2. The Hall–Kier alpha value is -3.77. The van der Waals surface area contributed by atoms with Crippen LogP contribution in [0.5, 0.6) is 0 Å². The number of para-hydroxylation sites is 1. The van der Waals surface area contributed by atoms with Crippen molar-refractivity contribution in [1.82, 2.24) is 9.78 Å². The van der Waals surface area contributed by atoms with Gasteiger partial charge in [0.15, 0.2) is 6.04 Å².